The number of hydrogen-bond acceptors (Lipinski definition) is 3. The van der Waals surface area contributed by atoms with E-state index in [2.05, 4.69) is 12.4 Å². The van der Waals surface area contributed by atoms with Crippen LogP contribution < -0.4 is 5.48 Å². The first-order chi connectivity index (χ1) is 5.43. The Kier molecular flexibility index (Phi) is 4.77. The minimum Gasteiger partial charge on any atom is -0.398 e. The highest BCUT2D eigenvalue weighted by molar-refractivity contribution is 6.17. The van der Waals surface area contributed by atoms with Gasteiger partial charge in [-0.25, -0.2) is 5.48 Å². The maximum Gasteiger partial charge on any atom is 0.326 e. The van der Waals surface area contributed by atoms with Crippen molar-refractivity contribution < 1.29 is 8.95 Å². The molecule has 0 aliphatic carbocycles. The Bertz CT molecular complexity index is 94.4. The van der Waals surface area contributed by atoms with Gasteiger partial charge < -0.3 is 8.95 Å². The Morgan fingerprint density at radius 1 is 1.64 bits per heavy atom. The van der Waals surface area contributed by atoms with Crippen LogP contribution >= 0.6 is 0 Å². The first kappa shape index (κ1) is 9.19. The minimum absolute atomic E-state index is 0.696. The molecule has 0 aromatic rings. The Balaban J connectivity index is 2.15. The summed E-state index contributed by atoms with van der Waals surface area (Å²) in [4.78, 5) is 0. The highest BCUT2D eigenvalue weighted by atomic mass is 28.3. The summed E-state index contributed by atoms with van der Waals surface area (Å²) in [7, 11) is -0.696. The summed E-state index contributed by atoms with van der Waals surface area (Å²) in [6.07, 6.45) is 3.72. The minimum atomic E-state index is -0.696. The first-order valence-electron chi connectivity index (χ1n) is 4.36. The van der Waals surface area contributed by atoms with E-state index in [1.807, 2.05) is 0 Å². The van der Waals surface area contributed by atoms with Gasteiger partial charge in [-0.05, 0) is 18.8 Å². The molecule has 1 atom stereocenters. The molecule has 1 aliphatic rings. The molecule has 66 valence electrons. The molecule has 0 amide bonds. The molecule has 1 unspecified atom stereocenters. The average Bonchev–Trinajstić information content (AvgIpc) is 1.94. The van der Waals surface area contributed by atoms with E-state index in [0.717, 1.165) is 19.1 Å². The van der Waals surface area contributed by atoms with Crippen LogP contribution in [0.3, 0.4) is 0 Å². The summed E-state index contributed by atoms with van der Waals surface area (Å²) in [5.74, 6) is 0.745. The summed E-state index contributed by atoms with van der Waals surface area (Å²) in [6.45, 7) is 4.12. The highest BCUT2D eigenvalue weighted by Gasteiger charge is 2.09. The summed E-state index contributed by atoms with van der Waals surface area (Å²) in [5.41, 5.74) is 2.96. The maximum atomic E-state index is 5.31. The van der Waals surface area contributed by atoms with Crippen molar-refractivity contribution in [2.24, 2.45) is 5.92 Å². The third-order valence-electron chi connectivity index (χ3n) is 1.98. The fourth-order valence-corrected chi connectivity index (χ4v) is 1.89. The maximum absolute atomic E-state index is 5.31. The lowest BCUT2D eigenvalue weighted by atomic mass is 10.0. The molecule has 1 aliphatic heterocycles. The second kappa shape index (κ2) is 5.71. The molecule has 1 heterocycles. The second-order valence-corrected chi connectivity index (χ2v) is 3.89. The zero-order chi connectivity index (χ0) is 7.94. The molecule has 0 saturated carbocycles. The molecule has 4 heteroatoms. The van der Waals surface area contributed by atoms with Crippen LogP contribution in [0.5, 0.6) is 0 Å². The van der Waals surface area contributed by atoms with Crippen LogP contribution in [0.2, 0.25) is 0 Å². The predicted octanol–water partition coefficient (Wildman–Crippen LogP) is 0.343. The van der Waals surface area contributed by atoms with Gasteiger partial charge in [0.15, 0.2) is 0 Å². The molecule has 0 bridgehead atoms. The van der Waals surface area contributed by atoms with E-state index in [-0.39, 0.29) is 0 Å². The lowest BCUT2D eigenvalue weighted by Gasteiger charge is -2.19. The fraction of sp³-hybridized carbons (Fsp3) is 1.00. The monoisotopic (exact) mass is 175 g/mol. The third kappa shape index (κ3) is 3.86. The van der Waals surface area contributed by atoms with Gasteiger partial charge in [-0.15, -0.1) is 0 Å². The van der Waals surface area contributed by atoms with Crippen molar-refractivity contribution in [3.63, 3.8) is 0 Å². The van der Waals surface area contributed by atoms with Crippen LogP contribution in [0.15, 0.2) is 0 Å². The Hall–Kier alpha value is 0.0969. The molecule has 0 spiro atoms. The van der Waals surface area contributed by atoms with Crippen LogP contribution in [-0.2, 0) is 8.95 Å². The zero-order valence-electron chi connectivity index (χ0n) is 7.14. The SMILES string of the molecule is CCCC1CCO[SiH2]ONC1. The van der Waals surface area contributed by atoms with Gasteiger partial charge in [0.2, 0.25) is 0 Å². The van der Waals surface area contributed by atoms with E-state index >= 15 is 0 Å². The van der Waals surface area contributed by atoms with Gasteiger partial charge in [-0.3, -0.25) is 0 Å². The molecule has 11 heavy (non-hydrogen) atoms. The van der Waals surface area contributed by atoms with Crippen molar-refractivity contribution in [3.8, 4) is 0 Å². The van der Waals surface area contributed by atoms with E-state index in [9.17, 15) is 0 Å². The molecule has 0 aromatic heterocycles. The summed E-state index contributed by atoms with van der Waals surface area (Å²) < 4.78 is 10.4. The van der Waals surface area contributed by atoms with E-state index in [4.69, 9.17) is 8.95 Å². The normalized spacial score (nSPS) is 29.7. The summed E-state index contributed by atoms with van der Waals surface area (Å²) in [6, 6.07) is 0. The number of hydrogen-bond donors (Lipinski definition) is 1. The van der Waals surface area contributed by atoms with Gasteiger partial charge in [-0.2, -0.15) is 0 Å². The second-order valence-electron chi connectivity index (χ2n) is 2.96. The van der Waals surface area contributed by atoms with E-state index < -0.39 is 10.0 Å². The number of nitrogens with one attached hydrogen (secondary N) is 1. The van der Waals surface area contributed by atoms with E-state index in [0.29, 0.717) is 0 Å². The molecule has 3 nitrogen and oxygen atoms in total. The smallest absolute Gasteiger partial charge is 0.326 e. The summed E-state index contributed by atoms with van der Waals surface area (Å²) >= 11 is 0. The standard InChI is InChI=1S/C7H17NO2Si/c1-2-3-7-4-5-9-11-10-8-6-7/h7-8H,2-6,11H2,1H3. The molecule has 1 fully saturated rings. The lowest BCUT2D eigenvalue weighted by molar-refractivity contribution is 0.102. The molecular weight excluding hydrogens is 158 g/mol. The predicted molar refractivity (Wildman–Crippen MR) is 46.6 cm³/mol. The van der Waals surface area contributed by atoms with Crippen molar-refractivity contribution in [2.45, 2.75) is 26.2 Å². The molecule has 1 rings (SSSR count). The van der Waals surface area contributed by atoms with Crippen molar-refractivity contribution in [1.29, 1.82) is 0 Å². The Morgan fingerprint density at radius 2 is 2.55 bits per heavy atom. The molecule has 0 radical (unpaired) electrons. The lowest BCUT2D eigenvalue weighted by Crippen LogP contribution is -2.29. The summed E-state index contributed by atoms with van der Waals surface area (Å²) in [5, 5.41) is 0. The molecular formula is C7H17NO2Si. The van der Waals surface area contributed by atoms with E-state index in [1.54, 1.807) is 0 Å². The Labute approximate surface area is 70.5 Å². The van der Waals surface area contributed by atoms with Crippen LogP contribution in [0.4, 0.5) is 0 Å². The fourth-order valence-electron chi connectivity index (χ4n) is 1.33. The molecule has 1 N–H and O–H groups in total. The van der Waals surface area contributed by atoms with Crippen molar-refractivity contribution in [1.82, 2.24) is 5.48 Å². The van der Waals surface area contributed by atoms with Gasteiger partial charge in [0, 0.05) is 13.2 Å². The third-order valence-corrected chi connectivity index (χ3v) is 2.76. The molecule has 0 aromatic carbocycles. The Morgan fingerprint density at radius 3 is 3.36 bits per heavy atom. The first-order valence-corrected chi connectivity index (χ1v) is 5.51. The van der Waals surface area contributed by atoms with Crippen molar-refractivity contribution in [2.75, 3.05) is 13.2 Å². The number of hydroxylamine groups is 1. The van der Waals surface area contributed by atoms with Gasteiger partial charge in [-0.1, -0.05) is 13.3 Å². The number of rotatable bonds is 2. The topological polar surface area (TPSA) is 30.5 Å². The van der Waals surface area contributed by atoms with Gasteiger partial charge in [0.1, 0.15) is 0 Å². The highest BCUT2D eigenvalue weighted by Crippen LogP contribution is 2.10. The van der Waals surface area contributed by atoms with E-state index in [1.165, 1.54) is 19.3 Å². The quantitative estimate of drug-likeness (QED) is 0.614. The molecule has 1 saturated heterocycles. The van der Waals surface area contributed by atoms with Gasteiger partial charge in [0.25, 0.3) is 0 Å². The van der Waals surface area contributed by atoms with Crippen LogP contribution in [0.1, 0.15) is 26.2 Å². The van der Waals surface area contributed by atoms with Gasteiger partial charge >= 0.3 is 10.0 Å². The van der Waals surface area contributed by atoms with Gasteiger partial charge in [0.05, 0.1) is 0 Å². The van der Waals surface area contributed by atoms with Crippen molar-refractivity contribution in [3.05, 3.63) is 0 Å². The van der Waals surface area contributed by atoms with Crippen molar-refractivity contribution >= 4 is 10.0 Å². The average molecular weight is 175 g/mol. The van der Waals surface area contributed by atoms with Crippen LogP contribution in [-0.4, -0.2) is 23.2 Å². The van der Waals surface area contributed by atoms with Crippen LogP contribution in [0.25, 0.3) is 0 Å². The largest absolute Gasteiger partial charge is 0.398 e. The zero-order valence-corrected chi connectivity index (χ0v) is 8.55. The van der Waals surface area contributed by atoms with Crippen LogP contribution in [0, 0.1) is 5.92 Å².